The summed E-state index contributed by atoms with van der Waals surface area (Å²) in [5.41, 5.74) is 24.2. The van der Waals surface area contributed by atoms with Gasteiger partial charge in [0, 0.05) is 76.3 Å². The molecule has 8 aliphatic rings. The fourth-order valence-electron chi connectivity index (χ4n) is 10.4. The predicted octanol–water partition coefficient (Wildman–Crippen LogP) is 12.0. The zero-order valence-corrected chi connectivity index (χ0v) is 50.0. The number of benzene rings is 8. The van der Waals surface area contributed by atoms with Crippen LogP contribution in [-0.2, 0) is 40.2 Å². The number of carbonyl (C=O) groups excluding carboxylic acids is 8. The van der Waals surface area contributed by atoms with Crippen molar-refractivity contribution in [2.24, 2.45) is 20.0 Å². The van der Waals surface area contributed by atoms with E-state index in [1.165, 1.54) is 22.3 Å². The van der Waals surface area contributed by atoms with Crippen LogP contribution in [0.1, 0.15) is 141 Å². The molecule has 8 heterocycles. The van der Waals surface area contributed by atoms with Crippen molar-refractivity contribution in [3.63, 3.8) is 0 Å². The minimum Gasteiger partial charge on any atom is -0.348 e. The van der Waals surface area contributed by atoms with Gasteiger partial charge in [-0.3, -0.25) is 38.4 Å². The lowest BCUT2D eigenvalue weighted by Crippen LogP contribution is -2.12. The molecule has 440 valence electrons. The SMILES string of the molecule is Cc1ccc2c(c1)C(=O)N=C2.Cc1ccc2c(c1)C=NC2=O.Cc1ccc2c(c1)CC(=O)N2.Cc1ccc2c(c1)NC(=O)C2.Cc1cccc2c1C(=O)N=C2.Cc1cccc2c1C=NC2=O.Cc1cccc2c1CC(=O)N2.Cc1cccc2c1CNC2=O. The lowest BCUT2D eigenvalue weighted by molar-refractivity contribution is -0.115. The van der Waals surface area contributed by atoms with Crippen LogP contribution in [0.2, 0.25) is 0 Å². The second kappa shape index (κ2) is 27.4. The third-order valence-corrected chi connectivity index (χ3v) is 15.1. The van der Waals surface area contributed by atoms with Crippen LogP contribution < -0.4 is 21.3 Å². The summed E-state index contributed by atoms with van der Waals surface area (Å²) in [4.78, 5) is 103. The van der Waals surface area contributed by atoms with Gasteiger partial charge in [0.25, 0.3) is 29.5 Å². The lowest BCUT2D eigenvalue weighted by atomic mass is 10.0. The number of amides is 8. The van der Waals surface area contributed by atoms with Crippen molar-refractivity contribution < 1.29 is 38.4 Å². The molecular weight excluding hydrogens is 1100 g/mol. The molecule has 16 heteroatoms. The van der Waals surface area contributed by atoms with Crippen molar-refractivity contribution in [3.8, 4) is 0 Å². The quantitative estimate of drug-likeness (QED) is 0.114. The molecule has 0 atom stereocenters. The monoisotopic (exact) mass is 1170 g/mol. The Morgan fingerprint density at radius 1 is 0.341 bits per heavy atom. The molecule has 0 saturated carbocycles. The number of carbonyl (C=O) groups is 8. The van der Waals surface area contributed by atoms with E-state index in [1.807, 2.05) is 195 Å². The van der Waals surface area contributed by atoms with E-state index in [0.29, 0.717) is 25.8 Å². The van der Waals surface area contributed by atoms with Crippen LogP contribution in [0.15, 0.2) is 166 Å². The molecule has 4 N–H and O–H groups in total. The van der Waals surface area contributed by atoms with Crippen LogP contribution in [0.3, 0.4) is 0 Å². The highest BCUT2D eigenvalue weighted by Crippen LogP contribution is 2.27. The average molecular weight is 1170 g/mol. The molecule has 8 amide bonds. The fraction of sp³-hybridized carbons (Fsp3) is 0.167. The normalized spacial score (nSPS) is 14.1. The molecule has 8 aromatic rings. The topological polar surface area (TPSA) is 234 Å². The van der Waals surface area contributed by atoms with Gasteiger partial charge in [0.05, 0.1) is 41.5 Å². The first-order valence-electron chi connectivity index (χ1n) is 28.5. The molecule has 0 unspecified atom stereocenters. The van der Waals surface area contributed by atoms with E-state index in [-0.39, 0.29) is 47.3 Å². The van der Waals surface area contributed by atoms with E-state index >= 15 is 0 Å². The summed E-state index contributed by atoms with van der Waals surface area (Å²) in [6, 6.07) is 46.6. The van der Waals surface area contributed by atoms with Gasteiger partial charge in [-0.05, 0) is 154 Å². The van der Waals surface area contributed by atoms with Crippen LogP contribution in [0, 0.1) is 55.4 Å². The summed E-state index contributed by atoms with van der Waals surface area (Å²) in [6.45, 7) is 16.7. The highest BCUT2D eigenvalue weighted by Gasteiger charge is 2.22. The zero-order chi connectivity index (χ0) is 62.8. The van der Waals surface area contributed by atoms with Gasteiger partial charge in [-0.2, -0.15) is 0 Å². The van der Waals surface area contributed by atoms with Gasteiger partial charge in [-0.1, -0.05) is 114 Å². The van der Waals surface area contributed by atoms with Crippen molar-refractivity contribution in [1.82, 2.24) is 5.32 Å². The standard InChI is InChI=1S/C9H7NO.C9H9NO.C9H7NO.3C9H9NO.2C9H7NO/c1-6-2-3-8-7(4-6)5-10-9(8)11;1-6-2-3-8-7(4-6)5-9(11)10-8;1-6-2-3-7-5-10-9(11)8(7)4-6;1-6-2-3-7-5-9(11)10-8(7)4-6;1-6-3-2-4-8-7(6)5-9(11)10-8;2*1-6-3-2-4-7-8(6)5-10-9(7)11;1-6-3-2-4-7-5-10-9(11)8(6)7/h2-5H,1H3;2-4H,5H2,1H3,(H,10,11);2-5H,1H3;3*2-4H,5H2,1H3,(H,10,11);2*2-5H,1H3. The molecule has 0 fully saturated rings. The smallest absolute Gasteiger partial charge is 0.277 e. The number of nitrogens with zero attached hydrogens (tertiary/aromatic N) is 4. The number of anilines is 3. The van der Waals surface area contributed by atoms with Gasteiger partial charge in [0.2, 0.25) is 17.7 Å². The van der Waals surface area contributed by atoms with Crippen LogP contribution in [0.4, 0.5) is 17.1 Å². The largest absolute Gasteiger partial charge is 0.348 e. The molecule has 16 nitrogen and oxygen atoms in total. The lowest BCUT2D eigenvalue weighted by Gasteiger charge is -1.99. The summed E-state index contributed by atoms with van der Waals surface area (Å²) < 4.78 is 0. The maximum absolute atomic E-state index is 11.1. The molecule has 0 aliphatic carbocycles. The summed E-state index contributed by atoms with van der Waals surface area (Å²) in [6.07, 6.45) is 8.09. The first-order chi connectivity index (χ1) is 42.2. The molecule has 0 aromatic heterocycles. The third-order valence-electron chi connectivity index (χ3n) is 15.1. The Kier molecular flexibility index (Phi) is 19.1. The highest BCUT2D eigenvalue weighted by atomic mass is 16.2. The second-order valence-corrected chi connectivity index (χ2v) is 21.9. The van der Waals surface area contributed by atoms with Gasteiger partial charge < -0.3 is 21.3 Å². The maximum atomic E-state index is 11.1. The van der Waals surface area contributed by atoms with E-state index in [4.69, 9.17) is 0 Å². The first kappa shape index (κ1) is 61.6. The molecule has 0 bridgehead atoms. The molecule has 0 spiro atoms. The molecule has 8 aromatic carbocycles. The van der Waals surface area contributed by atoms with Gasteiger partial charge in [0.15, 0.2) is 0 Å². The Bertz CT molecular complexity index is 4250. The van der Waals surface area contributed by atoms with Gasteiger partial charge in [-0.25, -0.2) is 20.0 Å². The summed E-state index contributed by atoms with van der Waals surface area (Å²) >= 11 is 0. The van der Waals surface area contributed by atoms with Gasteiger partial charge in [0.1, 0.15) is 0 Å². The zero-order valence-electron chi connectivity index (χ0n) is 50.0. The minimum atomic E-state index is -0.125. The number of hydrogen-bond acceptors (Lipinski definition) is 8. The number of rotatable bonds is 0. The Hall–Kier alpha value is -11.0. The average Bonchev–Trinajstić information content (AvgIpc) is 4.53. The number of fused-ring (bicyclic) bond motifs is 8. The van der Waals surface area contributed by atoms with Crippen LogP contribution in [0.5, 0.6) is 0 Å². The second-order valence-electron chi connectivity index (χ2n) is 21.9. The third kappa shape index (κ3) is 14.9. The van der Waals surface area contributed by atoms with Crippen LogP contribution >= 0.6 is 0 Å². The Morgan fingerprint density at radius 2 is 0.864 bits per heavy atom. The maximum Gasteiger partial charge on any atom is 0.277 e. The Balaban J connectivity index is 0.000000120. The number of hydrogen-bond donors (Lipinski definition) is 4. The molecule has 0 saturated heterocycles. The molecule has 16 rings (SSSR count). The van der Waals surface area contributed by atoms with Crippen molar-refractivity contribution in [2.45, 2.75) is 81.2 Å². The van der Waals surface area contributed by atoms with E-state index in [0.717, 1.165) is 112 Å². The van der Waals surface area contributed by atoms with E-state index in [1.54, 1.807) is 30.9 Å². The van der Waals surface area contributed by atoms with E-state index in [2.05, 4.69) is 41.2 Å². The fourth-order valence-corrected chi connectivity index (χ4v) is 10.4. The van der Waals surface area contributed by atoms with Crippen molar-refractivity contribution in [2.75, 3.05) is 16.0 Å². The highest BCUT2D eigenvalue weighted by molar-refractivity contribution is 6.15. The first-order valence-corrected chi connectivity index (χ1v) is 28.5. The van der Waals surface area contributed by atoms with Crippen LogP contribution in [0.25, 0.3) is 0 Å². The predicted molar refractivity (Wildman–Crippen MR) is 345 cm³/mol. The number of aryl methyl sites for hydroxylation is 8. The van der Waals surface area contributed by atoms with Crippen LogP contribution in [-0.4, -0.2) is 72.1 Å². The molecular formula is C72H64N8O8. The summed E-state index contributed by atoms with van der Waals surface area (Å²) in [5, 5.41) is 11.2. The summed E-state index contributed by atoms with van der Waals surface area (Å²) in [5.74, 6) is -0.111. The minimum absolute atomic E-state index is 0.0590. The van der Waals surface area contributed by atoms with E-state index < -0.39 is 0 Å². The van der Waals surface area contributed by atoms with Gasteiger partial charge in [-0.15, -0.1) is 0 Å². The Labute approximate surface area is 510 Å². The van der Waals surface area contributed by atoms with Gasteiger partial charge >= 0.3 is 0 Å². The summed E-state index contributed by atoms with van der Waals surface area (Å²) in [7, 11) is 0. The van der Waals surface area contributed by atoms with Crippen molar-refractivity contribution >= 4 is 89.2 Å². The Morgan fingerprint density at radius 3 is 1.59 bits per heavy atom. The number of aliphatic imine (C=N–C) groups is 4. The van der Waals surface area contributed by atoms with E-state index in [9.17, 15) is 38.4 Å². The van der Waals surface area contributed by atoms with Crippen molar-refractivity contribution in [1.29, 1.82) is 0 Å². The molecule has 8 aliphatic heterocycles. The van der Waals surface area contributed by atoms with Crippen molar-refractivity contribution in [3.05, 3.63) is 262 Å². The molecule has 0 radical (unpaired) electrons. The number of nitrogens with one attached hydrogen (secondary N) is 4. The molecule has 88 heavy (non-hydrogen) atoms.